The third kappa shape index (κ3) is 1.66. The lowest BCUT2D eigenvalue weighted by Crippen LogP contribution is -1.82. The summed E-state index contributed by atoms with van der Waals surface area (Å²) in [4.78, 5) is 3.89. The molecule has 0 spiro atoms. The van der Waals surface area contributed by atoms with Gasteiger partial charge in [0.2, 0.25) is 0 Å². The second kappa shape index (κ2) is 2.80. The molecule has 0 atom stereocenters. The van der Waals surface area contributed by atoms with E-state index in [2.05, 4.69) is 4.98 Å². The van der Waals surface area contributed by atoms with Gasteiger partial charge in [0, 0.05) is 16.9 Å². The largest absolute Gasteiger partial charge is 0.672 e. The maximum absolute atomic E-state index is 6.92. The highest BCUT2D eigenvalue weighted by molar-refractivity contribution is 6.30. The molecule has 48 valence electrons. The molecule has 1 heterocycles. The van der Waals surface area contributed by atoms with Crippen molar-refractivity contribution in [1.29, 1.82) is 0 Å². The van der Waals surface area contributed by atoms with E-state index in [0.29, 0.717) is 10.7 Å². The van der Waals surface area contributed by atoms with Crippen LogP contribution in [-0.4, -0.2) is 4.98 Å². The molecular formula is C6H6ClN2-. The molecule has 0 fully saturated rings. The Balaban J connectivity index is 2.94. The summed E-state index contributed by atoms with van der Waals surface area (Å²) in [5.41, 5.74) is 7.63. The van der Waals surface area contributed by atoms with Gasteiger partial charge in [-0.15, -0.1) is 6.54 Å². The Hall–Kier alpha value is -0.600. The molecule has 0 bridgehead atoms. The minimum absolute atomic E-state index is 0.195. The van der Waals surface area contributed by atoms with E-state index >= 15 is 0 Å². The summed E-state index contributed by atoms with van der Waals surface area (Å²) >= 11 is 5.60. The van der Waals surface area contributed by atoms with Gasteiger partial charge in [-0.2, -0.15) is 0 Å². The maximum atomic E-state index is 6.92. The minimum atomic E-state index is 0.195. The monoisotopic (exact) mass is 141 g/mol. The Kier molecular flexibility index (Phi) is 2.03. The first-order valence-corrected chi connectivity index (χ1v) is 2.96. The zero-order valence-electron chi connectivity index (χ0n) is 4.76. The van der Waals surface area contributed by atoms with Gasteiger partial charge in [0.1, 0.15) is 0 Å². The molecule has 1 N–H and O–H groups in total. The molecule has 0 unspecified atom stereocenters. The third-order valence-corrected chi connectivity index (χ3v) is 1.19. The zero-order chi connectivity index (χ0) is 6.69. The number of nitrogens with zero attached hydrogens (tertiary/aromatic N) is 1. The number of halogens is 1. The minimum Gasteiger partial charge on any atom is -0.672 e. The molecule has 0 aromatic carbocycles. The van der Waals surface area contributed by atoms with Crippen LogP contribution >= 0.6 is 11.6 Å². The van der Waals surface area contributed by atoms with Gasteiger partial charge in [-0.1, -0.05) is 11.6 Å². The highest BCUT2D eigenvalue weighted by Gasteiger charge is 1.86. The van der Waals surface area contributed by atoms with E-state index in [9.17, 15) is 0 Å². The van der Waals surface area contributed by atoms with Crippen molar-refractivity contribution >= 4 is 11.6 Å². The number of aromatic nitrogens is 1. The Bertz CT molecular complexity index is 200. The molecule has 9 heavy (non-hydrogen) atoms. The number of nitrogens with one attached hydrogen (secondary N) is 1. The lowest BCUT2D eigenvalue weighted by atomic mass is 10.4. The van der Waals surface area contributed by atoms with Gasteiger partial charge in [0.15, 0.2) is 0 Å². The predicted octanol–water partition coefficient (Wildman–Crippen LogP) is 2.29. The molecule has 3 heteroatoms. The average molecular weight is 142 g/mol. The lowest BCUT2D eigenvalue weighted by Gasteiger charge is -1.98. The summed E-state index contributed by atoms with van der Waals surface area (Å²) in [6, 6.07) is 3.38. The summed E-state index contributed by atoms with van der Waals surface area (Å²) in [5, 5.41) is 0.646. The fourth-order valence-electron chi connectivity index (χ4n) is 0.545. The van der Waals surface area contributed by atoms with Crippen LogP contribution in [0.25, 0.3) is 5.73 Å². The van der Waals surface area contributed by atoms with Gasteiger partial charge in [-0.3, -0.25) is 4.98 Å². The molecule has 0 aliphatic rings. The van der Waals surface area contributed by atoms with Gasteiger partial charge < -0.3 is 5.73 Å². The topological polar surface area (TPSA) is 36.7 Å². The molecule has 1 aromatic heterocycles. The van der Waals surface area contributed by atoms with Gasteiger partial charge in [-0.25, -0.2) is 0 Å². The second-order valence-electron chi connectivity index (χ2n) is 1.64. The summed E-state index contributed by atoms with van der Waals surface area (Å²) in [6.07, 6.45) is 1.60. The number of hydrogen-bond acceptors (Lipinski definition) is 1. The molecule has 1 aromatic rings. The van der Waals surface area contributed by atoms with Gasteiger partial charge >= 0.3 is 0 Å². The van der Waals surface area contributed by atoms with Crippen LogP contribution in [0.3, 0.4) is 0 Å². The normalized spacial score (nSPS) is 9.56. The van der Waals surface area contributed by atoms with E-state index in [4.69, 9.17) is 17.3 Å². The van der Waals surface area contributed by atoms with Crippen molar-refractivity contribution in [2.45, 2.75) is 6.54 Å². The Labute approximate surface area is 58.7 Å². The maximum Gasteiger partial charge on any atom is 0.0438 e. The highest BCUT2D eigenvalue weighted by Crippen LogP contribution is 2.07. The molecule has 0 saturated heterocycles. The van der Waals surface area contributed by atoms with Crippen molar-refractivity contribution in [3.05, 3.63) is 34.8 Å². The van der Waals surface area contributed by atoms with Crippen LogP contribution in [0.2, 0.25) is 5.02 Å². The van der Waals surface area contributed by atoms with Crippen LogP contribution in [0.5, 0.6) is 0 Å². The van der Waals surface area contributed by atoms with Crippen molar-refractivity contribution in [3.63, 3.8) is 0 Å². The fraction of sp³-hybridized carbons (Fsp3) is 0.167. The first-order chi connectivity index (χ1) is 4.33. The zero-order valence-corrected chi connectivity index (χ0v) is 5.52. The van der Waals surface area contributed by atoms with E-state index in [1.54, 1.807) is 18.3 Å². The third-order valence-electron chi connectivity index (χ3n) is 0.960. The molecule has 0 amide bonds. The van der Waals surface area contributed by atoms with Crippen molar-refractivity contribution < 1.29 is 0 Å². The Morgan fingerprint density at radius 3 is 2.89 bits per heavy atom. The predicted molar refractivity (Wildman–Crippen MR) is 37.3 cm³/mol. The van der Waals surface area contributed by atoms with Crippen molar-refractivity contribution in [2.75, 3.05) is 0 Å². The molecule has 0 radical (unpaired) electrons. The van der Waals surface area contributed by atoms with Gasteiger partial charge in [0.05, 0.1) is 0 Å². The number of hydrogen-bond donors (Lipinski definition) is 0. The van der Waals surface area contributed by atoms with E-state index in [0.717, 1.165) is 0 Å². The summed E-state index contributed by atoms with van der Waals surface area (Å²) in [7, 11) is 0. The number of pyridine rings is 1. The van der Waals surface area contributed by atoms with Crippen molar-refractivity contribution in [2.24, 2.45) is 0 Å². The van der Waals surface area contributed by atoms with Gasteiger partial charge in [-0.05, 0) is 12.1 Å². The summed E-state index contributed by atoms with van der Waals surface area (Å²) in [5.74, 6) is 0. The SMILES string of the molecule is [NH-]Cc1cc(Cl)ccn1. The molecule has 0 saturated carbocycles. The highest BCUT2D eigenvalue weighted by atomic mass is 35.5. The lowest BCUT2D eigenvalue weighted by molar-refractivity contribution is 1.12. The van der Waals surface area contributed by atoms with E-state index in [-0.39, 0.29) is 6.54 Å². The van der Waals surface area contributed by atoms with Crippen LogP contribution < -0.4 is 0 Å². The van der Waals surface area contributed by atoms with Crippen LogP contribution in [-0.2, 0) is 6.54 Å². The van der Waals surface area contributed by atoms with Crippen molar-refractivity contribution in [3.8, 4) is 0 Å². The molecular weight excluding hydrogens is 136 g/mol. The first-order valence-electron chi connectivity index (χ1n) is 2.58. The summed E-state index contributed by atoms with van der Waals surface area (Å²) in [6.45, 7) is 0.195. The van der Waals surface area contributed by atoms with Crippen LogP contribution in [0.1, 0.15) is 5.69 Å². The van der Waals surface area contributed by atoms with Crippen molar-refractivity contribution in [1.82, 2.24) is 4.98 Å². The summed E-state index contributed by atoms with van der Waals surface area (Å²) < 4.78 is 0. The van der Waals surface area contributed by atoms with Crippen LogP contribution in [0.4, 0.5) is 0 Å². The molecule has 1 rings (SSSR count). The standard InChI is InChI=1S/C6H6ClN2/c7-5-1-2-9-6(3-5)4-8/h1-3,8H,4H2/q-1. The molecule has 0 aliphatic carbocycles. The number of rotatable bonds is 1. The van der Waals surface area contributed by atoms with E-state index in [1.165, 1.54) is 0 Å². The quantitative estimate of drug-likeness (QED) is 0.591. The van der Waals surface area contributed by atoms with Crippen LogP contribution in [0.15, 0.2) is 18.3 Å². The second-order valence-corrected chi connectivity index (χ2v) is 2.08. The average Bonchev–Trinajstić information content (AvgIpc) is 1.88. The fourth-order valence-corrected chi connectivity index (χ4v) is 0.728. The Morgan fingerprint density at radius 2 is 2.44 bits per heavy atom. The first kappa shape index (κ1) is 6.52. The smallest absolute Gasteiger partial charge is 0.0438 e. The van der Waals surface area contributed by atoms with Gasteiger partial charge in [0.25, 0.3) is 0 Å². The van der Waals surface area contributed by atoms with E-state index in [1.807, 2.05) is 0 Å². The van der Waals surface area contributed by atoms with E-state index < -0.39 is 0 Å². The van der Waals surface area contributed by atoms with Crippen LogP contribution in [0, 0.1) is 0 Å². The Morgan fingerprint density at radius 1 is 1.67 bits per heavy atom. The molecule has 0 aliphatic heterocycles. The molecule has 2 nitrogen and oxygen atoms in total.